The van der Waals surface area contributed by atoms with Crippen molar-refractivity contribution >= 4 is 5.82 Å². The average molecular weight is 262 g/mol. The Morgan fingerprint density at radius 2 is 2.21 bits per heavy atom. The van der Waals surface area contributed by atoms with Crippen LogP contribution in [0.2, 0.25) is 0 Å². The molecular weight excluding hydrogens is 236 g/mol. The zero-order valence-corrected chi connectivity index (χ0v) is 12.4. The van der Waals surface area contributed by atoms with Gasteiger partial charge in [-0.3, -0.25) is 4.98 Å². The third-order valence-corrected chi connectivity index (χ3v) is 3.88. The number of rotatable bonds is 5. The van der Waals surface area contributed by atoms with Gasteiger partial charge in [-0.2, -0.15) is 0 Å². The van der Waals surface area contributed by atoms with Gasteiger partial charge in [0.05, 0.1) is 17.6 Å². The quantitative estimate of drug-likeness (QED) is 0.827. The summed E-state index contributed by atoms with van der Waals surface area (Å²) in [5.41, 5.74) is 2.07. The summed E-state index contributed by atoms with van der Waals surface area (Å²) in [5.74, 6) is 1.78. The lowest BCUT2D eigenvalue weighted by molar-refractivity contribution is 0.391. The van der Waals surface area contributed by atoms with Crippen molar-refractivity contribution in [1.82, 2.24) is 15.3 Å². The van der Waals surface area contributed by atoms with E-state index < -0.39 is 0 Å². The molecule has 2 heterocycles. The monoisotopic (exact) mass is 262 g/mol. The van der Waals surface area contributed by atoms with Crippen molar-refractivity contribution in [3.05, 3.63) is 17.6 Å². The van der Waals surface area contributed by atoms with E-state index >= 15 is 0 Å². The maximum atomic E-state index is 4.67. The minimum atomic E-state index is 0.740. The maximum absolute atomic E-state index is 4.67. The number of anilines is 1. The van der Waals surface area contributed by atoms with Crippen LogP contribution in [-0.2, 0) is 0 Å². The molecule has 0 bridgehead atoms. The third kappa shape index (κ3) is 3.90. The zero-order valence-electron chi connectivity index (χ0n) is 12.4. The summed E-state index contributed by atoms with van der Waals surface area (Å²) in [6.45, 7) is 10.7. The molecule has 0 radical (unpaired) electrons. The number of piperidine rings is 1. The van der Waals surface area contributed by atoms with Crippen LogP contribution in [0.1, 0.15) is 37.6 Å². The zero-order chi connectivity index (χ0) is 13.7. The highest BCUT2D eigenvalue weighted by Crippen LogP contribution is 2.21. The van der Waals surface area contributed by atoms with Crippen LogP contribution in [0.4, 0.5) is 5.82 Å². The Kier molecular flexibility index (Phi) is 5.14. The van der Waals surface area contributed by atoms with Crippen LogP contribution >= 0.6 is 0 Å². The first-order valence-corrected chi connectivity index (χ1v) is 7.46. The second-order valence-electron chi connectivity index (χ2n) is 5.56. The molecular formula is C15H26N4. The molecule has 1 N–H and O–H groups in total. The smallest absolute Gasteiger partial charge is 0.147 e. The van der Waals surface area contributed by atoms with Gasteiger partial charge in [0.25, 0.3) is 0 Å². The average Bonchev–Trinajstić information content (AvgIpc) is 2.43. The molecule has 1 aromatic rings. The highest BCUT2D eigenvalue weighted by molar-refractivity contribution is 5.38. The molecule has 1 aromatic heterocycles. The molecule has 1 saturated heterocycles. The predicted molar refractivity (Wildman–Crippen MR) is 79.6 cm³/mol. The molecule has 2 rings (SSSR count). The Hall–Kier alpha value is -1.16. The fourth-order valence-electron chi connectivity index (χ4n) is 2.60. The molecule has 1 atom stereocenters. The standard InChI is InChI=1S/C15H26N4/c1-4-7-16-9-14-6-5-8-19(11-14)15-10-17-12(2)13(3)18-15/h10,14,16H,4-9,11H2,1-3H3. The van der Waals surface area contributed by atoms with Crippen molar-refractivity contribution in [3.63, 3.8) is 0 Å². The Morgan fingerprint density at radius 1 is 1.37 bits per heavy atom. The summed E-state index contributed by atoms with van der Waals surface area (Å²) < 4.78 is 0. The first-order valence-electron chi connectivity index (χ1n) is 7.46. The van der Waals surface area contributed by atoms with E-state index in [9.17, 15) is 0 Å². The van der Waals surface area contributed by atoms with Crippen LogP contribution in [0.5, 0.6) is 0 Å². The topological polar surface area (TPSA) is 41.0 Å². The number of aromatic nitrogens is 2. The minimum Gasteiger partial charge on any atom is -0.355 e. The number of aryl methyl sites for hydroxylation is 2. The summed E-state index contributed by atoms with van der Waals surface area (Å²) in [5, 5.41) is 3.53. The summed E-state index contributed by atoms with van der Waals surface area (Å²) in [4.78, 5) is 11.5. The Balaban J connectivity index is 1.94. The van der Waals surface area contributed by atoms with Gasteiger partial charge in [-0.1, -0.05) is 6.92 Å². The first-order chi connectivity index (χ1) is 9.20. The number of nitrogens with zero attached hydrogens (tertiary/aromatic N) is 3. The molecule has 0 saturated carbocycles. The lowest BCUT2D eigenvalue weighted by Gasteiger charge is -2.33. The fraction of sp³-hybridized carbons (Fsp3) is 0.733. The molecule has 1 unspecified atom stereocenters. The van der Waals surface area contributed by atoms with E-state index in [4.69, 9.17) is 0 Å². The summed E-state index contributed by atoms with van der Waals surface area (Å²) in [7, 11) is 0. The fourth-order valence-corrected chi connectivity index (χ4v) is 2.60. The molecule has 4 heteroatoms. The summed E-state index contributed by atoms with van der Waals surface area (Å²) >= 11 is 0. The molecule has 1 aliphatic rings. The van der Waals surface area contributed by atoms with Gasteiger partial charge in [0, 0.05) is 13.1 Å². The van der Waals surface area contributed by atoms with Crippen LogP contribution in [0.3, 0.4) is 0 Å². The molecule has 0 aliphatic carbocycles. The number of hydrogen-bond donors (Lipinski definition) is 1. The lowest BCUT2D eigenvalue weighted by atomic mass is 9.98. The van der Waals surface area contributed by atoms with E-state index in [1.807, 2.05) is 20.0 Å². The summed E-state index contributed by atoms with van der Waals surface area (Å²) in [6, 6.07) is 0. The third-order valence-electron chi connectivity index (χ3n) is 3.88. The molecule has 0 spiro atoms. The van der Waals surface area contributed by atoms with Crippen LogP contribution < -0.4 is 10.2 Å². The van der Waals surface area contributed by atoms with Crippen LogP contribution in [0.25, 0.3) is 0 Å². The highest BCUT2D eigenvalue weighted by Gasteiger charge is 2.21. The highest BCUT2D eigenvalue weighted by atomic mass is 15.2. The molecule has 0 amide bonds. The normalized spacial score (nSPS) is 19.7. The van der Waals surface area contributed by atoms with E-state index in [0.29, 0.717) is 0 Å². The van der Waals surface area contributed by atoms with Gasteiger partial charge in [0.1, 0.15) is 5.82 Å². The van der Waals surface area contributed by atoms with Crippen molar-refractivity contribution in [1.29, 1.82) is 0 Å². The molecule has 1 aliphatic heterocycles. The summed E-state index contributed by atoms with van der Waals surface area (Å²) in [6.07, 6.45) is 5.71. The van der Waals surface area contributed by atoms with Crippen molar-refractivity contribution in [2.75, 3.05) is 31.1 Å². The van der Waals surface area contributed by atoms with Crippen LogP contribution in [-0.4, -0.2) is 36.1 Å². The molecule has 106 valence electrons. The second-order valence-corrected chi connectivity index (χ2v) is 5.56. The lowest BCUT2D eigenvalue weighted by Crippen LogP contribution is -2.40. The minimum absolute atomic E-state index is 0.740. The van der Waals surface area contributed by atoms with E-state index in [0.717, 1.165) is 49.3 Å². The Morgan fingerprint density at radius 3 is 2.95 bits per heavy atom. The Bertz CT molecular complexity index is 405. The predicted octanol–water partition coefficient (Wildman–Crippen LogP) is 2.31. The molecule has 0 aromatic carbocycles. The van der Waals surface area contributed by atoms with E-state index in [1.165, 1.54) is 19.3 Å². The van der Waals surface area contributed by atoms with Crippen molar-refractivity contribution in [2.24, 2.45) is 5.92 Å². The maximum Gasteiger partial charge on any atom is 0.147 e. The van der Waals surface area contributed by atoms with E-state index in [2.05, 4.69) is 27.1 Å². The first kappa shape index (κ1) is 14.3. The van der Waals surface area contributed by atoms with Gasteiger partial charge in [0.2, 0.25) is 0 Å². The van der Waals surface area contributed by atoms with Gasteiger partial charge >= 0.3 is 0 Å². The van der Waals surface area contributed by atoms with Crippen molar-refractivity contribution in [3.8, 4) is 0 Å². The number of nitrogens with one attached hydrogen (secondary N) is 1. The van der Waals surface area contributed by atoms with Crippen LogP contribution in [0.15, 0.2) is 6.20 Å². The molecule has 19 heavy (non-hydrogen) atoms. The molecule has 4 nitrogen and oxygen atoms in total. The van der Waals surface area contributed by atoms with Gasteiger partial charge in [0.15, 0.2) is 0 Å². The largest absolute Gasteiger partial charge is 0.355 e. The van der Waals surface area contributed by atoms with Crippen molar-refractivity contribution < 1.29 is 0 Å². The van der Waals surface area contributed by atoms with E-state index in [-0.39, 0.29) is 0 Å². The number of hydrogen-bond acceptors (Lipinski definition) is 4. The van der Waals surface area contributed by atoms with Gasteiger partial charge < -0.3 is 10.2 Å². The van der Waals surface area contributed by atoms with Crippen molar-refractivity contribution in [2.45, 2.75) is 40.0 Å². The van der Waals surface area contributed by atoms with Gasteiger partial charge in [-0.25, -0.2) is 4.98 Å². The SMILES string of the molecule is CCCNCC1CCCN(c2cnc(C)c(C)n2)C1. The van der Waals surface area contributed by atoms with E-state index in [1.54, 1.807) is 0 Å². The molecule has 1 fully saturated rings. The van der Waals surface area contributed by atoms with Gasteiger partial charge in [-0.05, 0) is 52.1 Å². The van der Waals surface area contributed by atoms with Crippen LogP contribution in [0, 0.1) is 19.8 Å². The van der Waals surface area contributed by atoms with Gasteiger partial charge in [-0.15, -0.1) is 0 Å². The second kappa shape index (κ2) is 6.85. The Labute approximate surface area is 116 Å².